The van der Waals surface area contributed by atoms with Gasteiger partial charge in [0.2, 0.25) is 5.13 Å². The van der Waals surface area contributed by atoms with Crippen LogP contribution in [0.5, 0.6) is 17.2 Å². The molecular weight excluding hydrogens is 618 g/mol. The molecule has 234 valence electrons. The van der Waals surface area contributed by atoms with Crippen LogP contribution in [0, 0.1) is 5.82 Å². The van der Waals surface area contributed by atoms with Crippen LogP contribution < -0.4 is 19.1 Å². The predicted octanol–water partition coefficient (Wildman–Crippen LogP) is 7.18. The number of ether oxygens (including phenoxy) is 3. The van der Waals surface area contributed by atoms with E-state index in [9.17, 15) is 19.1 Å². The Bertz CT molecular complexity index is 1710. The van der Waals surface area contributed by atoms with E-state index in [1.807, 2.05) is 6.92 Å². The Morgan fingerprint density at radius 2 is 1.80 bits per heavy atom. The van der Waals surface area contributed by atoms with Gasteiger partial charge in [-0.15, -0.1) is 10.2 Å². The number of methoxy groups -OCH3 is 1. The van der Waals surface area contributed by atoms with Crippen LogP contribution in [0.4, 0.5) is 9.52 Å². The summed E-state index contributed by atoms with van der Waals surface area (Å²) in [4.78, 5) is 28.5. The monoisotopic (exact) mass is 649 g/mol. The third kappa shape index (κ3) is 6.97. The van der Waals surface area contributed by atoms with Crippen molar-refractivity contribution in [3.8, 4) is 17.2 Å². The third-order valence-electron chi connectivity index (χ3n) is 7.05. The predicted molar refractivity (Wildman–Crippen MR) is 172 cm³/mol. The molecule has 1 N–H and O–H groups in total. The molecule has 0 spiro atoms. The Labute approximate surface area is 268 Å². The van der Waals surface area contributed by atoms with Crippen LogP contribution in [0.3, 0.4) is 0 Å². The number of aliphatic hydroxyl groups is 1. The van der Waals surface area contributed by atoms with Crippen LogP contribution in [0.2, 0.25) is 0 Å². The first-order chi connectivity index (χ1) is 21.9. The Morgan fingerprint density at radius 1 is 1.02 bits per heavy atom. The van der Waals surface area contributed by atoms with E-state index in [-0.39, 0.29) is 22.3 Å². The van der Waals surface area contributed by atoms with Gasteiger partial charge < -0.3 is 19.3 Å². The van der Waals surface area contributed by atoms with E-state index >= 15 is 0 Å². The minimum atomic E-state index is -1.05. The summed E-state index contributed by atoms with van der Waals surface area (Å²) in [6.07, 6.45) is 1.90. The Kier molecular flexibility index (Phi) is 10.4. The van der Waals surface area contributed by atoms with E-state index in [1.165, 1.54) is 29.8 Å². The van der Waals surface area contributed by atoms with Crippen LogP contribution in [0.15, 0.2) is 76.6 Å². The summed E-state index contributed by atoms with van der Waals surface area (Å²) in [6, 6.07) is 17.2. The second-order valence-corrected chi connectivity index (χ2v) is 12.1. The van der Waals surface area contributed by atoms with Crippen molar-refractivity contribution in [3.05, 3.63) is 94.8 Å². The van der Waals surface area contributed by atoms with Crippen LogP contribution >= 0.6 is 23.1 Å². The minimum Gasteiger partial charge on any atom is -0.507 e. The fourth-order valence-corrected chi connectivity index (χ4v) is 6.64. The maximum atomic E-state index is 14.2. The van der Waals surface area contributed by atoms with E-state index in [4.69, 9.17) is 14.2 Å². The van der Waals surface area contributed by atoms with Crippen LogP contribution in [-0.2, 0) is 15.3 Å². The number of aromatic nitrogens is 2. The summed E-state index contributed by atoms with van der Waals surface area (Å²) in [7, 11) is 1.49. The van der Waals surface area contributed by atoms with Crippen molar-refractivity contribution in [1.29, 1.82) is 0 Å². The quantitative estimate of drug-likeness (QED) is 0.0402. The zero-order valence-corrected chi connectivity index (χ0v) is 26.6. The number of anilines is 1. The number of ketones is 1. The van der Waals surface area contributed by atoms with Gasteiger partial charge in [-0.05, 0) is 66.9 Å². The second kappa shape index (κ2) is 14.6. The molecule has 12 heteroatoms. The first kappa shape index (κ1) is 32.0. The molecule has 0 saturated carbocycles. The molecule has 4 aromatic rings. The molecule has 2 heterocycles. The van der Waals surface area contributed by atoms with Gasteiger partial charge >= 0.3 is 5.91 Å². The number of hydrogen-bond acceptors (Lipinski definition) is 10. The molecule has 0 radical (unpaired) electrons. The molecule has 1 aliphatic rings. The fraction of sp³-hybridized carbons (Fsp3) is 0.273. The molecule has 9 nitrogen and oxygen atoms in total. The number of nitrogens with zero attached hydrogens (tertiary/aromatic N) is 3. The molecule has 1 atom stereocenters. The highest BCUT2D eigenvalue weighted by Gasteiger charge is 2.48. The van der Waals surface area contributed by atoms with Gasteiger partial charge in [0.05, 0.1) is 31.9 Å². The van der Waals surface area contributed by atoms with Crippen molar-refractivity contribution >= 4 is 45.7 Å². The summed E-state index contributed by atoms with van der Waals surface area (Å²) >= 11 is 2.36. The number of carbonyl (C=O) groups excluding carboxylic acids is 2. The summed E-state index contributed by atoms with van der Waals surface area (Å²) < 4.78 is 31.6. The summed E-state index contributed by atoms with van der Waals surface area (Å²) in [5.41, 5.74) is 1.23. The number of rotatable bonds is 13. The number of thioether (sulfide) groups is 1. The minimum absolute atomic E-state index is 0.110. The molecule has 1 aromatic heterocycles. The molecular formula is C33H32FN3O6S2. The van der Waals surface area contributed by atoms with Crippen molar-refractivity contribution in [3.63, 3.8) is 0 Å². The molecule has 0 aliphatic carbocycles. The number of Topliss-reactive ketones (excluding diaryl/α,β-unsaturated/α-hetero) is 1. The van der Waals surface area contributed by atoms with Crippen LogP contribution in [-0.4, -0.2) is 47.3 Å². The van der Waals surface area contributed by atoms with E-state index in [1.54, 1.807) is 60.7 Å². The number of carbonyl (C=O) groups is 2. The molecule has 1 saturated heterocycles. The molecule has 0 unspecified atom stereocenters. The van der Waals surface area contributed by atoms with Gasteiger partial charge in [0, 0.05) is 11.3 Å². The zero-order valence-electron chi connectivity index (χ0n) is 25.0. The topological polar surface area (TPSA) is 111 Å². The number of aliphatic hydroxyl groups excluding tert-OH is 1. The second-order valence-electron chi connectivity index (χ2n) is 9.97. The van der Waals surface area contributed by atoms with Crippen LogP contribution in [0.25, 0.3) is 5.76 Å². The average molecular weight is 650 g/mol. The number of hydrogen-bond donors (Lipinski definition) is 1. The van der Waals surface area contributed by atoms with Gasteiger partial charge in [-0.2, -0.15) is 0 Å². The highest BCUT2D eigenvalue weighted by atomic mass is 32.2. The average Bonchev–Trinajstić information content (AvgIpc) is 3.62. The van der Waals surface area contributed by atoms with E-state index in [0.29, 0.717) is 57.2 Å². The molecule has 1 aliphatic heterocycles. The lowest BCUT2D eigenvalue weighted by Gasteiger charge is -2.23. The van der Waals surface area contributed by atoms with Crippen molar-refractivity contribution < 1.29 is 33.3 Å². The maximum Gasteiger partial charge on any atom is 0.301 e. The first-order valence-electron chi connectivity index (χ1n) is 14.4. The fourth-order valence-electron chi connectivity index (χ4n) is 4.79. The smallest absolute Gasteiger partial charge is 0.301 e. The van der Waals surface area contributed by atoms with Gasteiger partial charge in [-0.25, -0.2) is 4.39 Å². The highest BCUT2D eigenvalue weighted by molar-refractivity contribution is 8.00. The summed E-state index contributed by atoms with van der Waals surface area (Å²) in [5.74, 6) is -0.591. The molecule has 1 fully saturated rings. The van der Waals surface area contributed by atoms with Crippen molar-refractivity contribution in [1.82, 2.24) is 10.2 Å². The lowest BCUT2D eigenvalue weighted by Crippen LogP contribution is -2.29. The Hall–Kier alpha value is -4.42. The zero-order chi connectivity index (χ0) is 31.9. The largest absolute Gasteiger partial charge is 0.507 e. The van der Waals surface area contributed by atoms with E-state index < -0.39 is 17.7 Å². The van der Waals surface area contributed by atoms with Gasteiger partial charge in [0.1, 0.15) is 17.3 Å². The Balaban J connectivity index is 1.54. The molecule has 1 amide bonds. The number of unbranched alkanes of at least 4 members (excludes halogenated alkanes) is 1. The van der Waals surface area contributed by atoms with Crippen molar-refractivity contribution in [2.24, 2.45) is 0 Å². The van der Waals surface area contributed by atoms with Gasteiger partial charge in [0.25, 0.3) is 5.78 Å². The van der Waals surface area contributed by atoms with Crippen LogP contribution in [0.1, 0.15) is 49.4 Å². The lowest BCUT2D eigenvalue weighted by atomic mass is 9.95. The number of halogens is 1. The Morgan fingerprint density at radius 3 is 2.51 bits per heavy atom. The maximum absolute atomic E-state index is 14.2. The van der Waals surface area contributed by atoms with Gasteiger partial charge in [0.15, 0.2) is 15.8 Å². The summed E-state index contributed by atoms with van der Waals surface area (Å²) in [6.45, 7) is 4.89. The number of benzene rings is 3. The number of amides is 1. The normalized spacial score (nSPS) is 15.8. The van der Waals surface area contributed by atoms with E-state index in [2.05, 4.69) is 17.1 Å². The first-order valence-corrected chi connectivity index (χ1v) is 16.2. The molecule has 5 rings (SSSR count). The van der Waals surface area contributed by atoms with Crippen molar-refractivity contribution in [2.45, 2.75) is 42.8 Å². The standard InChI is InChI=1S/C33H32FN3O6S2/c1-4-6-17-43-23-14-11-20(12-15-23)29(38)27-28(21-13-16-25(42-5-2)26(18-21)41-3)37(31(40)30(27)39)32-35-36-33(45-32)44-19-22-9-7-8-10-24(22)34/h7-16,18,28,38H,4-6,17,19H2,1-3H3/t28-/m1/s1. The molecule has 45 heavy (non-hydrogen) atoms. The van der Waals surface area contributed by atoms with E-state index in [0.717, 1.165) is 24.2 Å². The molecule has 0 bridgehead atoms. The van der Waals surface area contributed by atoms with Gasteiger partial charge in [-0.3, -0.25) is 14.5 Å². The lowest BCUT2D eigenvalue weighted by molar-refractivity contribution is -0.132. The molecule has 3 aromatic carbocycles. The summed E-state index contributed by atoms with van der Waals surface area (Å²) in [5, 5.41) is 20.1. The van der Waals surface area contributed by atoms with Crippen molar-refractivity contribution in [2.75, 3.05) is 25.2 Å². The van der Waals surface area contributed by atoms with Gasteiger partial charge in [-0.1, -0.05) is 60.7 Å². The highest BCUT2D eigenvalue weighted by Crippen LogP contribution is 2.45. The third-order valence-corrected chi connectivity index (χ3v) is 9.16. The SMILES string of the molecule is CCCCOc1ccc(C(O)=C2C(=O)C(=O)N(c3nnc(SCc4ccccc4F)s3)[C@@H]2c2ccc(OCC)c(OC)c2)cc1.